The Morgan fingerprint density at radius 1 is 1.21 bits per heavy atom. The highest BCUT2D eigenvalue weighted by Crippen LogP contribution is 2.35. The Bertz CT molecular complexity index is 1090. The minimum absolute atomic E-state index is 0.0447. The Hall–Kier alpha value is -2.78. The number of hydrogen-bond donors (Lipinski definition) is 1. The van der Waals surface area contributed by atoms with E-state index in [2.05, 4.69) is 4.98 Å². The summed E-state index contributed by atoms with van der Waals surface area (Å²) in [4.78, 5) is 49.9. The van der Waals surface area contributed by atoms with Crippen LogP contribution in [0.5, 0.6) is 11.5 Å². The summed E-state index contributed by atoms with van der Waals surface area (Å²) in [5.41, 5.74) is 6.13. The molecule has 1 unspecified atom stereocenters. The van der Waals surface area contributed by atoms with E-state index in [0.29, 0.717) is 10.5 Å². The average Bonchev–Trinajstić information content (AvgIpc) is 3.08. The van der Waals surface area contributed by atoms with Crippen molar-refractivity contribution in [2.45, 2.75) is 6.10 Å². The van der Waals surface area contributed by atoms with Crippen LogP contribution in [0.15, 0.2) is 42.5 Å². The van der Waals surface area contributed by atoms with E-state index >= 15 is 0 Å². The fourth-order valence-electron chi connectivity index (χ4n) is 2.56. The second-order valence-electron chi connectivity index (χ2n) is 5.98. The molecular weight excluding hydrogens is 419 g/mol. The smallest absolute Gasteiger partial charge is 0.265 e. The van der Waals surface area contributed by atoms with Crippen LogP contribution in [0, 0.1) is 0 Å². The van der Waals surface area contributed by atoms with Gasteiger partial charge in [-0.25, -0.2) is 4.98 Å². The fourth-order valence-corrected chi connectivity index (χ4v) is 4.10. The largest absolute Gasteiger partial charge is 0.810 e. The van der Waals surface area contributed by atoms with Gasteiger partial charge in [0.05, 0.1) is 17.3 Å². The predicted octanol–water partition coefficient (Wildman–Crippen LogP) is 1.01. The molecule has 2 aromatic carbocycles. The van der Waals surface area contributed by atoms with Crippen molar-refractivity contribution in [2.24, 2.45) is 5.73 Å². The lowest BCUT2D eigenvalue weighted by molar-refractivity contribution is -0.312. The first-order valence-corrected chi connectivity index (χ1v) is 10.8. The van der Waals surface area contributed by atoms with E-state index in [0.717, 1.165) is 4.70 Å². The molecule has 1 amide bonds. The van der Waals surface area contributed by atoms with Crippen LogP contribution in [0.3, 0.4) is 0 Å². The van der Waals surface area contributed by atoms with Crippen molar-refractivity contribution < 1.29 is 33.4 Å². The number of ketones is 1. The van der Waals surface area contributed by atoms with Gasteiger partial charge in [-0.3, -0.25) is 9.59 Å². The summed E-state index contributed by atoms with van der Waals surface area (Å²) < 4.78 is 22.6. The zero-order valence-electron chi connectivity index (χ0n) is 15.1. The minimum Gasteiger partial charge on any atom is -0.810 e. The van der Waals surface area contributed by atoms with E-state index < -0.39 is 31.6 Å². The SMILES string of the molecule is COc1cc(C(=O)CP(=O)([O-])[O-])ccc1OC(C(N)=O)c1nc2ccccc2s1. The van der Waals surface area contributed by atoms with E-state index in [-0.39, 0.29) is 17.1 Å². The van der Waals surface area contributed by atoms with Crippen molar-refractivity contribution in [3.8, 4) is 11.5 Å². The second kappa shape index (κ2) is 8.30. The molecule has 0 fully saturated rings. The third kappa shape index (κ3) is 4.99. The number of thiazole rings is 1. The van der Waals surface area contributed by atoms with Gasteiger partial charge in [0.25, 0.3) is 5.91 Å². The minimum atomic E-state index is -5.00. The van der Waals surface area contributed by atoms with Crippen molar-refractivity contribution in [3.63, 3.8) is 0 Å². The third-order valence-electron chi connectivity index (χ3n) is 3.86. The van der Waals surface area contributed by atoms with Crippen LogP contribution in [0.25, 0.3) is 10.2 Å². The average molecular weight is 434 g/mol. The monoisotopic (exact) mass is 434 g/mol. The van der Waals surface area contributed by atoms with Crippen molar-refractivity contribution in [1.82, 2.24) is 4.98 Å². The molecule has 9 nitrogen and oxygen atoms in total. The van der Waals surface area contributed by atoms with Gasteiger partial charge >= 0.3 is 0 Å². The molecule has 2 N–H and O–H groups in total. The fraction of sp³-hybridized carbons (Fsp3) is 0.167. The summed E-state index contributed by atoms with van der Waals surface area (Å²) >= 11 is 1.25. The first kappa shape index (κ1) is 20.9. The van der Waals surface area contributed by atoms with Gasteiger partial charge in [-0.15, -0.1) is 11.3 Å². The highest BCUT2D eigenvalue weighted by molar-refractivity contribution is 7.49. The number of carbonyl (C=O) groups is 2. The molecular formula is C18H15N2O7PS-2. The lowest BCUT2D eigenvalue weighted by Gasteiger charge is -2.28. The van der Waals surface area contributed by atoms with Crippen LogP contribution in [0.1, 0.15) is 21.5 Å². The first-order chi connectivity index (χ1) is 13.7. The molecule has 0 bridgehead atoms. The molecule has 0 aliphatic heterocycles. The number of rotatable bonds is 8. The van der Waals surface area contributed by atoms with Gasteiger partial charge in [0.1, 0.15) is 5.01 Å². The van der Waals surface area contributed by atoms with E-state index in [1.807, 2.05) is 18.2 Å². The lowest BCUT2D eigenvalue weighted by atomic mass is 10.1. The topological polar surface area (TPSA) is 155 Å². The lowest BCUT2D eigenvalue weighted by Crippen LogP contribution is -2.26. The summed E-state index contributed by atoms with van der Waals surface area (Å²) in [5, 5.41) is 0.347. The number of primary amides is 1. The number of aromatic nitrogens is 1. The standard InChI is InChI=1S/C18H17N2O7PS/c1-26-14-8-10(12(21)9-28(23,24)25)6-7-13(14)27-16(17(19)22)18-20-11-4-2-3-5-15(11)29-18/h2-8,16H,9H2,1H3,(H2,19,22)(H2,23,24,25)/p-2. The van der Waals surface area contributed by atoms with Crippen LogP contribution in [0.2, 0.25) is 0 Å². The van der Waals surface area contributed by atoms with Crippen molar-refractivity contribution in [1.29, 1.82) is 0 Å². The molecule has 1 aromatic heterocycles. The number of nitrogens with zero attached hydrogens (tertiary/aromatic N) is 1. The molecule has 0 aliphatic rings. The predicted molar refractivity (Wildman–Crippen MR) is 102 cm³/mol. The maximum absolute atomic E-state index is 12.0. The van der Waals surface area contributed by atoms with Gasteiger partial charge in [0, 0.05) is 11.7 Å². The van der Waals surface area contributed by atoms with Crippen LogP contribution >= 0.6 is 18.9 Å². The number of amides is 1. The molecule has 0 saturated heterocycles. The normalized spacial score (nSPS) is 12.5. The quantitative estimate of drug-likeness (QED) is 0.407. The van der Waals surface area contributed by atoms with Gasteiger partial charge < -0.3 is 29.6 Å². The van der Waals surface area contributed by atoms with Crippen molar-refractivity contribution in [3.05, 3.63) is 53.0 Å². The highest BCUT2D eigenvalue weighted by Gasteiger charge is 2.26. The molecule has 152 valence electrons. The summed E-state index contributed by atoms with van der Waals surface area (Å²) in [5.74, 6) is -1.49. The van der Waals surface area contributed by atoms with Crippen molar-refractivity contribution in [2.75, 3.05) is 13.3 Å². The van der Waals surface area contributed by atoms with Gasteiger partial charge in [0.15, 0.2) is 17.3 Å². The van der Waals surface area contributed by atoms with E-state index in [4.69, 9.17) is 15.2 Å². The number of benzene rings is 2. The number of fused-ring (bicyclic) bond motifs is 1. The molecule has 0 radical (unpaired) electrons. The van der Waals surface area contributed by atoms with Crippen LogP contribution in [-0.4, -0.2) is 29.9 Å². The van der Waals surface area contributed by atoms with Crippen LogP contribution < -0.4 is 25.0 Å². The Labute approximate surface area is 169 Å². The zero-order chi connectivity index (χ0) is 21.2. The van der Waals surface area contributed by atoms with Gasteiger partial charge in [-0.05, 0) is 30.3 Å². The van der Waals surface area contributed by atoms with Crippen LogP contribution in [0.4, 0.5) is 0 Å². The number of methoxy groups -OCH3 is 1. The molecule has 1 atom stereocenters. The third-order valence-corrected chi connectivity index (χ3v) is 5.61. The Balaban J connectivity index is 1.91. The molecule has 3 aromatic rings. The molecule has 3 rings (SSSR count). The second-order valence-corrected chi connectivity index (χ2v) is 8.58. The summed E-state index contributed by atoms with van der Waals surface area (Å²) in [6, 6.07) is 11.1. The molecule has 11 heteroatoms. The number of nitrogens with two attached hydrogens (primary N) is 1. The summed E-state index contributed by atoms with van der Waals surface area (Å²) in [6.45, 7) is 0. The maximum atomic E-state index is 12.0. The van der Waals surface area contributed by atoms with Crippen LogP contribution in [-0.2, 0) is 9.36 Å². The first-order valence-electron chi connectivity index (χ1n) is 8.21. The molecule has 1 heterocycles. The Morgan fingerprint density at radius 2 is 1.93 bits per heavy atom. The number of Topliss-reactive ketones (excluding diaryl/α,β-unsaturated/α-hetero) is 1. The van der Waals surface area contributed by atoms with Gasteiger partial charge in [-0.2, -0.15) is 0 Å². The number of para-hydroxylation sites is 1. The molecule has 29 heavy (non-hydrogen) atoms. The number of hydrogen-bond acceptors (Lipinski definition) is 9. The zero-order valence-corrected chi connectivity index (χ0v) is 16.8. The number of ether oxygens (including phenoxy) is 2. The van der Waals surface area contributed by atoms with E-state index in [9.17, 15) is 23.9 Å². The van der Waals surface area contributed by atoms with Crippen molar-refractivity contribution >= 4 is 40.8 Å². The molecule has 0 spiro atoms. The van der Waals surface area contributed by atoms with Gasteiger partial charge in [0.2, 0.25) is 6.10 Å². The highest BCUT2D eigenvalue weighted by atomic mass is 32.1. The maximum Gasteiger partial charge on any atom is 0.265 e. The molecule has 0 saturated carbocycles. The Kier molecular flexibility index (Phi) is 5.99. The Morgan fingerprint density at radius 3 is 2.55 bits per heavy atom. The van der Waals surface area contributed by atoms with E-state index in [1.165, 1.54) is 36.6 Å². The number of carbonyl (C=O) groups excluding carboxylic acids is 2. The summed E-state index contributed by atoms with van der Waals surface area (Å²) in [7, 11) is -3.70. The van der Waals surface area contributed by atoms with Gasteiger partial charge in [-0.1, -0.05) is 19.7 Å². The van der Waals surface area contributed by atoms with E-state index in [1.54, 1.807) is 6.07 Å². The summed E-state index contributed by atoms with van der Waals surface area (Å²) in [6.07, 6.45) is -2.35. The molecule has 0 aliphatic carbocycles.